The number of nitrogens with one attached hydrogen (secondary N) is 1. The first-order valence-corrected chi connectivity index (χ1v) is 7.48. The second-order valence-corrected chi connectivity index (χ2v) is 6.48. The maximum atomic E-state index is 5.76. The van der Waals surface area contributed by atoms with Crippen LogP contribution in [-0.2, 0) is 0 Å². The molecule has 0 amide bonds. The van der Waals surface area contributed by atoms with E-state index in [0.29, 0.717) is 17.9 Å². The summed E-state index contributed by atoms with van der Waals surface area (Å²) in [4.78, 5) is 14.6. The number of hydrogen-bond donors (Lipinski definition) is 2. The van der Waals surface area contributed by atoms with Crippen LogP contribution in [0, 0.1) is 17.8 Å². The predicted molar refractivity (Wildman–Crippen MR) is 80.6 cm³/mol. The Labute approximate surface area is 120 Å². The molecule has 3 rings (SSSR count). The predicted octanol–water partition coefficient (Wildman–Crippen LogP) is 1.76. The maximum absolute atomic E-state index is 5.76. The van der Waals surface area contributed by atoms with Crippen molar-refractivity contribution in [3.05, 3.63) is 0 Å². The van der Waals surface area contributed by atoms with Crippen LogP contribution >= 0.6 is 0 Å². The van der Waals surface area contributed by atoms with Crippen molar-refractivity contribution in [3.63, 3.8) is 0 Å². The van der Waals surface area contributed by atoms with Gasteiger partial charge in [-0.25, -0.2) is 0 Å². The van der Waals surface area contributed by atoms with Gasteiger partial charge in [-0.2, -0.15) is 15.0 Å². The molecule has 1 heterocycles. The zero-order chi connectivity index (χ0) is 14.3. The lowest BCUT2D eigenvalue weighted by molar-refractivity contribution is 0.303. The van der Waals surface area contributed by atoms with E-state index in [2.05, 4.69) is 27.2 Å². The van der Waals surface area contributed by atoms with E-state index in [4.69, 9.17) is 5.73 Å². The molecule has 3 N–H and O–H groups in total. The van der Waals surface area contributed by atoms with Crippen molar-refractivity contribution in [2.24, 2.45) is 17.8 Å². The smallest absolute Gasteiger partial charge is 0.231 e. The maximum Gasteiger partial charge on any atom is 0.231 e. The standard InChI is InChI=1S/C14H24N6/c1-8(11-7-9-4-5-10(11)6-9)16-13-17-12(15)18-14(19-13)20(2)3/h8-11H,4-7H2,1-3H3,(H3,15,16,17,18,19). The van der Waals surface area contributed by atoms with Crippen molar-refractivity contribution < 1.29 is 0 Å². The van der Waals surface area contributed by atoms with Gasteiger partial charge in [0.2, 0.25) is 17.8 Å². The second kappa shape index (κ2) is 5.07. The Morgan fingerprint density at radius 3 is 2.60 bits per heavy atom. The van der Waals surface area contributed by atoms with Gasteiger partial charge in [0.25, 0.3) is 0 Å². The van der Waals surface area contributed by atoms with Crippen LogP contribution < -0.4 is 16.0 Å². The van der Waals surface area contributed by atoms with Gasteiger partial charge in [0.05, 0.1) is 0 Å². The summed E-state index contributed by atoms with van der Waals surface area (Å²) >= 11 is 0. The fourth-order valence-corrected chi connectivity index (χ4v) is 3.86. The number of anilines is 3. The highest BCUT2D eigenvalue weighted by Crippen LogP contribution is 2.49. The molecule has 4 atom stereocenters. The highest BCUT2D eigenvalue weighted by Gasteiger charge is 2.41. The molecule has 2 saturated carbocycles. The summed E-state index contributed by atoms with van der Waals surface area (Å²) in [6.07, 6.45) is 5.58. The normalized spacial score (nSPS) is 29.4. The van der Waals surface area contributed by atoms with Crippen molar-refractivity contribution in [1.29, 1.82) is 0 Å². The lowest BCUT2D eigenvalue weighted by Gasteiger charge is -2.28. The first-order chi connectivity index (χ1) is 9.52. The van der Waals surface area contributed by atoms with Gasteiger partial charge >= 0.3 is 0 Å². The number of nitrogens with zero attached hydrogens (tertiary/aromatic N) is 4. The third-order valence-corrected chi connectivity index (χ3v) is 4.83. The van der Waals surface area contributed by atoms with E-state index in [9.17, 15) is 0 Å². The Balaban J connectivity index is 1.71. The molecule has 0 radical (unpaired) electrons. The monoisotopic (exact) mass is 276 g/mol. The van der Waals surface area contributed by atoms with Crippen LogP contribution in [0.5, 0.6) is 0 Å². The first-order valence-electron chi connectivity index (χ1n) is 7.48. The zero-order valence-corrected chi connectivity index (χ0v) is 12.5. The van der Waals surface area contributed by atoms with Crippen LogP contribution in [0.15, 0.2) is 0 Å². The summed E-state index contributed by atoms with van der Waals surface area (Å²) < 4.78 is 0. The van der Waals surface area contributed by atoms with E-state index < -0.39 is 0 Å². The molecule has 20 heavy (non-hydrogen) atoms. The van der Waals surface area contributed by atoms with E-state index in [0.717, 1.165) is 17.8 Å². The average molecular weight is 276 g/mol. The van der Waals surface area contributed by atoms with Gasteiger partial charge in [-0.3, -0.25) is 0 Å². The highest BCUT2D eigenvalue weighted by molar-refractivity contribution is 5.41. The topological polar surface area (TPSA) is 80.0 Å². The minimum atomic E-state index is 0.270. The van der Waals surface area contributed by atoms with Crippen molar-refractivity contribution in [2.45, 2.75) is 38.6 Å². The van der Waals surface area contributed by atoms with Crippen molar-refractivity contribution in [1.82, 2.24) is 15.0 Å². The molecule has 0 spiro atoms. The molecule has 2 aliphatic rings. The van der Waals surface area contributed by atoms with Crippen LogP contribution in [0.4, 0.5) is 17.8 Å². The van der Waals surface area contributed by atoms with Crippen LogP contribution in [0.1, 0.15) is 32.6 Å². The minimum Gasteiger partial charge on any atom is -0.368 e. The Bertz CT molecular complexity index is 489. The summed E-state index contributed by atoms with van der Waals surface area (Å²) in [6.45, 7) is 2.24. The number of nitrogen functional groups attached to an aromatic ring is 1. The van der Waals surface area contributed by atoms with Crippen LogP contribution in [0.3, 0.4) is 0 Å². The van der Waals surface area contributed by atoms with Gasteiger partial charge in [0.1, 0.15) is 0 Å². The van der Waals surface area contributed by atoms with Gasteiger partial charge in [-0.05, 0) is 43.9 Å². The van der Waals surface area contributed by atoms with Crippen molar-refractivity contribution >= 4 is 17.8 Å². The number of fused-ring (bicyclic) bond motifs is 2. The fourth-order valence-electron chi connectivity index (χ4n) is 3.86. The molecule has 0 aliphatic heterocycles. The number of rotatable bonds is 4. The molecule has 2 aliphatic carbocycles. The average Bonchev–Trinajstić information content (AvgIpc) is 3.00. The fraction of sp³-hybridized carbons (Fsp3) is 0.786. The molecule has 6 heteroatoms. The molecule has 1 aromatic heterocycles. The molecule has 110 valence electrons. The Morgan fingerprint density at radius 2 is 2.00 bits per heavy atom. The molecule has 2 bridgehead atoms. The Hall–Kier alpha value is -1.59. The minimum absolute atomic E-state index is 0.270. The zero-order valence-electron chi connectivity index (χ0n) is 12.5. The van der Waals surface area contributed by atoms with Gasteiger partial charge < -0.3 is 16.0 Å². The number of hydrogen-bond acceptors (Lipinski definition) is 6. The highest BCUT2D eigenvalue weighted by atomic mass is 15.3. The molecular weight excluding hydrogens is 252 g/mol. The second-order valence-electron chi connectivity index (χ2n) is 6.48. The molecule has 2 fully saturated rings. The molecule has 4 unspecified atom stereocenters. The molecule has 1 aromatic rings. The lowest BCUT2D eigenvalue weighted by atomic mass is 9.84. The summed E-state index contributed by atoms with van der Waals surface area (Å²) in [5.41, 5.74) is 5.76. The third-order valence-electron chi connectivity index (χ3n) is 4.83. The van der Waals surface area contributed by atoms with Gasteiger partial charge in [0, 0.05) is 20.1 Å². The van der Waals surface area contributed by atoms with Crippen LogP contribution in [-0.4, -0.2) is 35.1 Å². The molecule has 0 saturated heterocycles. The Morgan fingerprint density at radius 1 is 1.20 bits per heavy atom. The van der Waals surface area contributed by atoms with Crippen LogP contribution in [0.25, 0.3) is 0 Å². The molecule has 6 nitrogen and oxygen atoms in total. The van der Waals surface area contributed by atoms with E-state index >= 15 is 0 Å². The molecular formula is C14H24N6. The summed E-state index contributed by atoms with van der Waals surface area (Å²) in [6, 6.07) is 0.391. The Kier molecular flexibility index (Phi) is 3.40. The lowest BCUT2D eigenvalue weighted by Crippen LogP contribution is -2.31. The summed E-state index contributed by atoms with van der Waals surface area (Å²) in [5, 5.41) is 3.44. The van der Waals surface area contributed by atoms with Crippen LogP contribution in [0.2, 0.25) is 0 Å². The van der Waals surface area contributed by atoms with E-state index in [1.54, 1.807) is 0 Å². The van der Waals surface area contributed by atoms with Crippen molar-refractivity contribution in [2.75, 3.05) is 30.0 Å². The third kappa shape index (κ3) is 2.51. The SMILES string of the molecule is CC(Nc1nc(N)nc(N(C)C)n1)C1CC2CCC1C2. The van der Waals surface area contributed by atoms with Gasteiger partial charge in [0.15, 0.2) is 0 Å². The summed E-state index contributed by atoms with van der Waals surface area (Å²) in [7, 11) is 3.80. The number of nitrogens with two attached hydrogens (primary N) is 1. The quantitative estimate of drug-likeness (QED) is 0.872. The van der Waals surface area contributed by atoms with E-state index in [-0.39, 0.29) is 5.95 Å². The number of aromatic nitrogens is 3. The van der Waals surface area contributed by atoms with Crippen molar-refractivity contribution in [3.8, 4) is 0 Å². The van der Waals surface area contributed by atoms with E-state index in [1.807, 2.05) is 19.0 Å². The first kappa shape index (κ1) is 13.4. The molecule has 0 aromatic carbocycles. The van der Waals surface area contributed by atoms with Gasteiger partial charge in [-0.1, -0.05) is 6.42 Å². The summed E-state index contributed by atoms with van der Waals surface area (Å²) in [5.74, 6) is 4.04. The largest absolute Gasteiger partial charge is 0.368 e. The van der Waals surface area contributed by atoms with Gasteiger partial charge in [-0.15, -0.1) is 0 Å². The van der Waals surface area contributed by atoms with E-state index in [1.165, 1.54) is 25.7 Å².